The van der Waals surface area contributed by atoms with Crippen LogP contribution in [0.15, 0.2) is 31.3 Å². The van der Waals surface area contributed by atoms with Gasteiger partial charge in [-0.1, -0.05) is 0 Å². The van der Waals surface area contributed by atoms with Crippen LogP contribution in [-0.4, -0.2) is 32.6 Å². The van der Waals surface area contributed by atoms with Crippen molar-refractivity contribution in [3.8, 4) is 0 Å². The first-order valence-corrected chi connectivity index (χ1v) is 6.63. The average Bonchev–Trinajstić information content (AvgIpc) is 2.88. The summed E-state index contributed by atoms with van der Waals surface area (Å²) in [5, 5.41) is 18.0. The van der Waals surface area contributed by atoms with E-state index in [-0.39, 0.29) is 47.8 Å². The van der Waals surface area contributed by atoms with Gasteiger partial charge in [-0.2, -0.15) is 0 Å². The van der Waals surface area contributed by atoms with Crippen LogP contribution in [0.1, 0.15) is 0 Å². The SMILES string of the molecule is O=c1c2cc3c(=O)n(CCO)c(=O)c3cc2c(=O)n1CCO. The zero-order valence-corrected chi connectivity index (χ0v) is 11.4. The molecule has 0 saturated heterocycles. The average molecular weight is 304 g/mol. The fourth-order valence-corrected chi connectivity index (χ4v) is 2.68. The van der Waals surface area contributed by atoms with Gasteiger partial charge in [-0.3, -0.25) is 28.3 Å². The Kier molecular flexibility index (Phi) is 3.27. The standard InChI is InChI=1S/C14H12N2O6/c17-3-1-15-11(19)7-5-9-10(6-8(7)12(15)20)14(22)16(2-4-18)13(9)21/h5-6,17-18H,1-4H2. The van der Waals surface area contributed by atoms with Crippen LogP contribution in [0.4, 0.5) is 0 Å². The van der Waals surface area contributed by atoms with Crippen LogP contribution >= 0.6 is 0 Å². The van der Waals surface area contributed by atoms with Crippen LogP contribution in [-0.2, 0) is 13.1 Å². The third kappa shape index (κ3) is 1.78. The molecule has 114 valence electrons. The number of benzene rings is 1. The molecule has 1 aromatic carbocycles. The summed E-state index contributed by atoms with van der Waals surface area (Å²) in [5.41, 5.74) is -2.40. The topological polar surface area (TPSA) is 119 Å². The molecule has 0 bridgehead atoms. The Labute approximate surface area is 121 Å². The molecule has 8 nitrogen and oxygen atoms in total. The van der Waals surface area contributed by atoms with Crippen LogP contribution in [0.5, 0.6) is 0 Å². The zero-order chi connectivity index (χ0) is 16.0. The molecule has 0 atom stereocenters. The van der Waals surface area contributed by atoms with Crippen molar-refractivity contribution in [3.05, 3.63) is 53.5 Å². The molecular weight excluding hydrogens is 292 g/mol. The summed E-state index contributed by atoms with van der Waals surface area (Å²) in [7, 11) is 0. The Morgan fingerprint density at radius 2 is 0.909 bits per heavy atom. The summed E-state index contributed by atoms with van der Waals surface area (Å²) >= 11 is 0. The Balaban J connectivity index is 2.47. The number of hydrogen-bond acceptors (Lipinski definition) is 6. The molecular formula is C14H12N2O6. The molecule has 2 N–H and O–H groups in total. The molecule has 22 heavy (non-hydrogen) atoms. The normalized spacial score (nSPS) is 11.7. The van der Waals surface area contributed by atoms with E-state index in [1.807, 2.05) is 0 Å². The second kappa shape index (κ2) is 5.00. The molecule has 0 amide bonds. The van der Waals surface area contributed by atoms with Crippen molar-refractivity contribution in [2.24, 2.45) is 0 Å². The monoisotopic (exact) mass is 304 g/mol. The van der Waals surface area contributed by atoms with Crippen molar-refractivity contribution in [1.29, 1.82) is 0 Å². The first-order chi connectivity index (χ1) is 10.5. The zero-order valence-electron chi connectivity index (χ0n) is 11.4. The van der Waals surface area contributed by atoms with E-state index in [0.717, 1.165) is 9.13 Å². The van der Waals surface area contributed by atoms with Crippen molar-refractivity contribution in [2.75, 3.05) is 13.2 Å². The number of aliphatic hydroxyl groups excluding tert-OH is 2. The Morgan fingerprint density at radius 1 is 0.636 bits per heavy atom. The van der Waals surface area contributed by atoms with E-state index in [2.05, 4.69) is 0 Å². The molecule has 0 aliphatic heterocycles. The molecule has 0 aliphatic rings. The van der Waals surface area contributed by atoms with Crippen molar-refractivity contribution in [3.63, 3.8) is 0 Å². The van der Waals surface area contributed by atoms with Gasteiger partial charge in [0, 0.05) is 0 Å². The Morgan fingerprint density at radius 3 is 1.14 bits per heavy atom. The van der Waals surface area contributed by atoms with Gasteiger partial charge in [0.15, 0.2) is 0 Å². The van der Waals surface area contributed by atoms with Gasteiger partial charge in [0.05, 0.1) is 47.8 Å². The highest BCUT2D eigenvalue weighted by molar-refractivity contribution is 5.97. The highest BCUT2D eigenvalue weighted by Gasteiger charge is 2.18. The first kappa shape index (κ1) is 14.4. The Bertz CT molecular complexity index is 919. The number of hydrogen-bond donors (Lipinski definition) is 2. The van der Waals surface area contributed by atoms with Gasteiger partial charge in [0.25, 0.3) is 22.2 Å². The molecule has 2 heterocycles. The predicted octanol–water partition coefficient (Wildman–Crippen LogP) is -2.10. The van der Waals surface area contributed by atoms with E-state index >= 15 is 0 Å². The molecule has 8 heteroatoms. The second-order valence-electron chi connectivity index (χ2n) is 4.91. The van der Waals surface area contributed by atoms with Gasteiger partial charge in [-0.15, -0.1) is 0 Å². The predicted molar refractivity (Wildman–Crippen MR) is 79.1 cm³/mol. The summed E-state index contributed by atoms with van der Waals surface area (Å²) in [4.78, 5) is 48.5. The maximum atomic E-state index is 12.1. The summed E-state index contributed by atoms with van der Waals surface area (Å²) in [5.74, 6) is 0. The minimum atomic E-state index is -0.599. The molecule has 0 aliphatic carbocycles. The third-order valence-corrected chi connectivity index (χ3v) is 3.71. The summed E-state index contributed by atoms with van der Waals surface area (Å²) < 4.78 is 1.75. The molecule has 3 rings (SSSR count). The quantitative estimate of drug-likeness (QED) is 0.570. The number of nitrogens with zero attached hydrogens (tertiary/aromatic N) is 2. The molecule has 0 unspecified atom stereocenters. The molecule has 2 aromatic heterocycles. The number of aromatic nitrogens is 2. The largest absolute Gasteiger partial charge is 0.395 e. The summed E-state index contributed by atoms with van der Waals surface area (Å²) in [6.07, 6.45) is 0. The number of fused-ring (bicyclic) bond motifs is 2. The number of rotatable bonds is 4. The fraction of sp³-hybridized carbons (Fsp3) is 0.286. The molecule has 0 spiro atoms. The van der Waals surface area contributed by atoms with Gasteiger partial charge in [-0.25, -0.2) is 0 Å². The summed E-state index contributed by atoms with van der Waals surface area (Å²) in [6.45, 7) is -1.02. The van der Waals surface area contributed by atoms with Crippen molar-refractivity contribution in [2.45, 2.75) is 13.1 Å². The van der Waals surface area contributed by atoms with Gasteiger partial charge in [-0.05, 0) is 12.1 Å². The smallest absolute Gasteiger partial charge is 0.261 e. The lowest BCUT2D eigenvalue weighted by molar-refractivity contribution is 0.273. The molecule has 0 radical (unpaired) electrons. The maximum absolute atomic E-state index is 12.1. The lowest BCUT2D eigenvalue weighted by Crippen LogP contribution is -2.27. The van der Waals surface area contributed by atoms with Crippen LogP contribution < -0.4 is 22.2 Å². The lowest BCUT2D eigenvalue weighted by atomic mass is 10.1. The van der Waals surface area contributed by atoms with E-state index in [9.17, 15) is 19.2 Å². The number of aliphatic hydroxyl groups is 2. The van der Waals surface area contributed by atoms with Crippen molar-refractivity contribution >= 4 is 21.5 Å². The van der Waals surface area contributed by atoms with Crippen molar-refractivity contribution in [1.82, 2.24) is 9.13 Å². The molecule has 0 saturated carbocycles. The van der Waals surface area contributed by atoms with Gasteiger partial charge in [0.1, 0.15) is 0 Å². The lowest BCUT2D eigenvalue weighted by Gasteiger charge is -1.93. The van der Waals surface area contributed by atoms with E-state index in [4.69, 9.17) is 10.2 Å². The van der Waals surface area contributed by atoms with Crippen molar-refractivity contribution < 1.29 is 10.2 Å². The minimum Gasteiger partial charge on any atom is -0.395 e. The van der Waals surface area contributed by atoms with E-state index in [1.54, 1.807) is 0 Å². The Hall–Kier alpha value is -2.58. The first-order valence-electron chi connectivity index (χ1n) is 6.63. The highest BCUT2D eigenvalue weighted by atomic mass is 16.3. The fourth-order valence-electron chi connectivity index (χ4n) is 2.68. The van der Waals surface area contributed by atoms with Gasteiger partial charge < -0.3 is 10.2 Å². The van der Waals surface area contributed by atoms with Gasteiger partial charge >= 0.3 is 0 Å². The second-order valence-corrected chi connectivity index (χ2v) is 4.91. The van der Waals surface area contributed by atoms with Crippen LogP contribution in [0.3, 0.4) is 0 Å². The van der Waals surface area contributed by atoms with Crippen LogP contribution in [0.25, 0.3) is 21.5 Å². The van der Waals surface area contributed by atoms with Crippen LogP contribution in [0.2, 0.25) is 0 Å². The molecule has 0 fully saturated rings. The van der Waals surface area contributed by atoms with Crippen LogP contribution in [0, 0.1) is 0 Å². The molecule has 3 aromatic rings. The summed E-state index contributed by atoms with van der Waals surface area (Å²) in [6, 6.07) is 2.47. The van der Waals surface area contributed by atoms with E-state index < -0.39 is 22.2 Å². The van der Waals surface area contributed by atoms with E-state index in [0.29, 0.717) is 0 Å². The van der Waals surface area contributed by atoms with Gasteiger partial charge in [0.2, 0.25) is 0 Å². The highest BCUT2D eigenvalue weighted by Crippen LogP contribution is 2.14. The third-order valence-electron chi connectivity index (χ3n) is 3.71. The maximum Gasteiger partial charge on any atom is 0.261 e. The minimum absolute atomic E-state index is 0.0456. The van der Waals surface area contributed by atoms with E-state index in [1.165, 1.54) is 12.1 Å².